The molecule has 2 atom stereocenters. The minimum Gasteiger partial charge on any atom is -0.328 e. The lowest BCUT2D eigenvalue weighted by atomic mass is 10.1. The SMILES string of the molecule is NC1CCC(c2nc3cc(C(F)(F)F)ccc3s2)C1. The van der Waals surface area contributed by atoms with Gasteiger partial charge < -0.3 is 5.73 Å². The Kier molecular flexibility index (Phi) is 3.02. The maximum absolute atomic E-state index is 12.6. The topological polar surface area (TPSA) is 38.9 Å². The summed E-state index contributed by atoms with van der Waals surface area (Å²) < 4.78 is 38.7. The number of rotatable bonds is 1. The van der Waals surface area contributed by atoms with E-state index in [-0.39, 0.29) is 6.04 Å². The van der Waals surface area contributed by atoms with E-state index in [0.717, 1.165) is 41.1 Å². The van der Waals surface area contributed by atoms with Crippen LogP contribution in [-0.2, 0) is 6.18 Å². The summed E-state index contributed by atoms with van der Waals surface area (Å²) in [6, 6.07) is 3.95. The zero-order chi connectivity index (χ0) is 13.6. The van der Waals surface area contributed by atoms with E-state index < -0.39 is 11.7 Å². The number of nitrogens with two attached hydrogens (primary N) is 1. The Morgan fingerprint density at radius 1 is 1.26 bits per heavy atom. The number of hydrogen-bond donors (Lipinski definition) is 1. The standard InChI is InChI=1S/C13H13F3N2S/c14-13(15,16)8-2-4-11-10(6-8)18-12(19-11)7-1-3-9(17)5-7/h2,4,6-7,9H,1,3,5,17H2. The van der Waals surface area contributed by atoms with E-state index in [4.69, 9.17) is 5.73 Å². The second-order valence-electron chi connectivity index (χ2n) is 5.00. The van der Waals surface area contributed by atoms with Gasteiger partial charge in [0.15, 0.2) is 0 Å². The highest BCUT2D eigenvalue weighted by Crippen LogP contribution is 2.39. The molecule has 1 aromatic carbocycles. The first kappa shape index (κ1) is 12.9. The molecule has 1 fully saturated rings. The van der Waals surface area contributed by atoms with Crippen molar-refractivity contribution < 1.29 is 13.2 Å². The highest BCUT2D eigenvalue weighted by atomic mass is 32.1. The molecule has 1 aliphatic carbocycles. The summed E-state index contributed by atoms with van der Waals surface area (Å²) in [4.78, 5) is 4.37. The number of fused-ring (bicyclic) bond motifs is 1. The Balaban J connectivity index is 1.97. The van der Waals surface area contributed by atoms with Crippen molar-refractivity contribution in [3.63, 3.8) is 0 Å². The normalized spacial score (nSPS) is 24.2. The molecule has 6 heteroatoms. The molecule has 1 aliphatic rings. The van der Waals surface area contributed by atoms with Crippen molar-refractivity contribution >= 4 is 21.6 Å². The van der Waals surface area contributed by atoms with E-state index in [2.05, 4.69) is 4.98 Å². The van der Waals surface area contributed by atoms with Crippen molar-refractivity contribution in [2.45, 2.75) is 37.4 Å². The molecule has 1 saturated carbocycles. The van der Waals surface area contributed by atoms with Gasteiger partial charge >= 0.3 is 6.18 Å². The van der Waals surface area contributed by atoms with Crippen molar-refractivity contribution in [1.29, 1.82) is 0 Å². The summed E-state index contributed by atoms with van der Waals surface area (Å²) in [5, 5.41) is 0.919. The highest BCUT2D eigenvalue weighted by molar-refractivity contribution is 7.18. The van der Waals surface area contributed by atoms with Gasteiger partial charge in [0.25, 0.3) is 0 Å². The van der Waals surface area contributed by atoms with Crippen LogP contribution in [0.2, 0.25) is 0 Å². The van der Waals surface area contributed by atoms with Crippen LogP contribution in [0.1, 0.15) is 35.8 Å². The Bertz CT molecular complexity index is 605. The summed E-state index contributed by atoms with van der Waals surface area (Å²) in [6.45, 7) is 0. The van der Waals surface area contributed by atoms with Gasteiger partial charge in [0.05, 0.1) is 20.8 Å². The quantitative estimate of drug-likeness (QED) is 0.863. The molecule has 3 rings (SSSR count). The molecule has 2 aromatic rings. The summed E-state index contributed by atoms with van der Waals surface area (Å²) in [7, 11) is 0. The van der Waals surface area contributed by atoms with Gasteiger partial charge in [-0.2, -0.15) is 13.2 Å². The van der Waals surface area contributed by atoms with Crippen LogP contribution in [0.3, 0.4) is 0 Å². The number of benzene rings is 1. The van der Waals surface area contributed by atoms with Gasteiger partial charge in [-0.25, -0.2) is 4.98 Å². The zero-order valence-electron chi connectivity index (χ0n) is 10.1. The van der Waals surface area contributed by atoms with E-state index in [1.54, 1.807) is 0 Å². The molecule has 2 N–H and O–H groups in total. The Morgan fingerprint density at radius 3 is 2.68 bits per heavy atom. The maximum atomic E-state index is 12.6. The number of aromatic nitrogens is 1. The summed E-state index contributed by atoms with van der Waals surface area (Å²) in [6.07, 6.45) is -1.48. The van der Waals surface area contributed by atoms with Crippen molar-refractivity contribution in [2.24, 2.45) is 5.73 Å². The Hall–Kier alpha value is -1.14. The van der Waals surface area contributed by atoms with Crippen LogP contribution in [0.25, 0.3) is 10.2 Å². The third kappa shape index (κ3) is 2.47. The first-order valence-electron chi connectivity index (χ1n) is 6.17. The molecule has 0 aliphatic heterocycles. The third-order valence-electron chi connectivity index (χ3n) is 3.55. The molecule has 0 amide bonds. The Labute approximate surface area is 112 Å². The van der Waals surface area contributed by atoms with Gasteiger partial charge in [-0.1, -0.05) is 0 Å². The van der Waals surface area contributed by atoms with Gasteiger partial charge in [0.1, 0.15) is 0 Å². The van der Waals surface area contributed by atoms with Crippen molar-refractivity contribution in [3.05, 3.63) is 28.8 Å². The molecule has 0 spiro atoms. The highest BCUT2D eigenvalue weighted by Gasteiger charge is 2.31. The largest absolute Gasteiger partial charge is 0.416 e. The van der Waals surface area contributed by atoms with E-state index in [0.29, 0.717) is 11.4 Å². The second kappa shape index (κ2) is 4.45. The smallest absolute Gasteiger partial charge is 0.328 e. The number of hydrogen-bond acceptors (Lipinski definition) is 3. The van der Waals surface area contributed by atoms with Crippen LogP contribution in [0.15, 0.2) is 18.2 Å². The molecular weight excluding hydrogens is 273 g/mol. The zero-order valence-corrected chi connectivity index (χ0v) is 10.9. The monoisotopic (exact) mass is 286 g/mol. The van der Waals surface area contributed by atoms with Crippen LogP contribution in [0.5, 0.6) is 0 Å². The van der Waals surface area contributed by atoms with Gasteiger partial charge in [0, 0.05) is 12.0 Å². The van der Waals surface area contributed by atoms with Crippen molar-refractivity contribution in [3.8, 4) is 0 Å². The minimum atomic E-state index is -4.31. The van der Waals surface area contributed by atoms with Crippen molar-refractivity contribution in [1.82, 2.24) is 4.98 Å². The van der Waals surface area contributed by atoms with Gasteiger partial charge in [-0.3, -0.25) is 0 Å². The fraction of sp³-hybridized carbons (Fsp3) is 0.462. The molecule has 2 unspecified atom stereocenters. The van der Waals surface area contributed by atoms with Crippen LogP contribution >= 0.6 is 11.3 Å². The van der Waals surface area contributed by atoms with Crippen molar-refractivity contribution in [2.75, 3.05) is 0 Å². The molecule has 102 valence electrons. The van der Waals surface area contributed by atoms with Gasteiger partial charge in [-0.05, 0) is 37.5 Å². The fourth-order valence-corrected chi connectivity index (χ4v) is 3.63. The minimum absolute atomic E-state index is 0.197. The second-order valence-corrected chi connectivity index (χ2v) is 6.06. The number of thiazole rings is 1. The maximum Gasteiger partial charge on any atom is 0.416 e. The lowest BCUT2D eigenvalue weighted by Gasteiger charge is -2.05. The summed E-state index contributed by atoms with van der Waals surface area (Å²) in [5.74, 6) is 0.307. The predicted octanol–water partition coefficient (Wildman–Crippen LogP) is 3.91. The molecule has 0 radical (unpaired) electrons. The number of halogens is 3. The fourth-order valence-electron chi connectivity index (χ4n) is 2.54. The first-order valence-corrected chi connectivity index (χ1v) is 6.98. The number of alkyl halides is 3. The van der Waals surface area contributed by atoms with E-state index in [1.165, 1.54) is 17.4 Å². The molecule has 0 saturated heterocycles. The van der Waals surface area contributed by atoms with E-state index in [1.807, 2.05) is 0 Å². The predicted molar refractivity (Wildman–Crippen MR) is 69.2 cm³/mol. The van der Waals surface area contributed by atoms with E-state index in [9.17, 15) is 13.2 Å². The van der Waals surface area contributed by atoms with Crippen LogP contribution in [0.4, 0.5) is 13.2 Å². The summed E-state index contributed by atoms with van der Waals surface area (Å²) >= 11 is 1.48. The van der Waals surface area contributed by atoms with Crippen LogP contribution < -0.4 is 5.73 Å². The van der Waals surface area contributed by atoms with E-state index >= 15 is 0 Å². The lowest BCUT2D eigenvalue weighted by molar-refractivity contribution is -0.137. The molecule has 19 heavy (non-hydrogen) atoms. The van der Waals surface area contributed by atoms with Gasteiger partial charge in [-0.15, -0.1) is 11.3 Å². The molecule has 1 aromatic heterocycles. The molecule has 1 heterocycles. The molecule has 0 bridgehead atoms. The average Bonchev–Trinajstić information content (AvgIpc) is 2.92. The molecular formula is C13H13F3N2S. The third-order valence-corrected chi connectivity index (χ3v) is 4.75. The summed E-state index contributed by atoms with van der Waals surface area (Å²) in [5.41, 5.74) is 5.67. The average molecular weight is 286 g/mol. The Morgan fingerprint density at radius 2 is 2.05 bits per heavy atom. The molecule has 2 nitrogen and oxygen atoms in total. The lowest BCUT2D eigenvalue weighted by Crippen LogP contribution is -2.14. The number of nitrogens with zero attached hydrogens (tertiary/aromatic N) is 1. The first-order chi connectivity index (χ1) is 8.93. The van der Waals surface area contributed by atoms with Crippen LogP contribution in [0, 0.1) is 0 Å². The van der Waals surface area contributed by atoms with Crippen LogP contribution in [-0.4, -0.2) is 11.0 Å². The van der Waals surface area contributed by atoms with Gasteiger partial charge in [0.2, 0.25) is 0 Å².